The maximum atomic E-state index is 7.07. The Morgan fingerprint density at radius 3 is 0.900 bits per heavy atom. The second-order valence-electron chi connectivity index (χ2n) is 12.9. The average Bonchev–Trinajstić information content (AvgIpc) is 3.17. The molecule has 8 heteroatoms. The molecule has 50 heavy (non-hydrogen) atoms. The smallest absolute Gasteiger partial charge is 0.186 e. The van der Waals surface area contributed by atoms with E-state index in [-0.39, 0.29) is 0 Å². The molecule has 0 radical (unpaired) electrons. The zero-order valence-electron chi connectivity index (χ0n) is 26.1. The molecule has 0 aliphatic heterocycles. The lowest BCUT2D eigenvalue weighted by molar-refractivity contribution is 0.612. The minimum absolute atomic E-state index is 0.747. The molecule has 7 aromatic carbocycles. The Morgan fingerprint density at radius 1 is 0.300 bits per heavy atom. The molecule has 6 aromatic heterocycles. The summed E-state index contributed by atoms with van der Waals surface area (Å²) in [5.74, 6) is 0. The summed E-state index contributed by atoms with van der Waals surface area (Å²) in [6.45, 7) is 0. The molecule has 0 atom stereocenters. The molecule has 0 unspecified atom stereocenters. The van der Waals surface area contributed by atoms with E-state index in [0.29, 0.717) is 0 Å². The highest BCUT2D eigenvalue weighted by Gasteiger charge is 2.30. The van der Waals surface area contributed by atoms with Crippen LogP contribution in [-0.2, 0) is 0 Å². The van der Waals surface area contributed by atoms with E-state index < -0.39 is 14.7 Å². The van der Waals surface area contributed by atoms with E-state index in [4.69, 9.17) is 17.7 Å². The van der Waals surface area contributed by atoms with Crippen LogP contribution in [-0.4, -0.2) is 9.13 Å². The molecular weight excluding hydrogens is 658 g/mol. The number of hydrogen-bond donors (Lipinski definition) is 0. The van der Waals surface area contributed by atoms with Gasteiger partial charge in [0, 0.05) is 11.4 Å². The molecule has 6 heterocycles. The predicted molar refractivity (Wildman–Crippen MR) is 206 cm³/mol. The fraction of sp³-hybridized carbons (Fsp3) is 0. The molecule has 6 nitrogen and oxygen atoms in total. The van der Waals surface area contributed by atoms with Gasteiger partial charge in [-0.15, -0.1) is 0 Å². The van der Waals surface area contributed by atoms with Gasteiger partial charge in [0.05, 0.1) is 52.8 Å². The van der Waals surface area contributed by atoms with Gasteiger partial charge in [0.15, 0.2) is 22.3 Å². The van der Waals surface area contributed by atoms with Gasteiger partial charge >= 0.3 is 0 Å². The molecule has 13 aromatic rings. The maximum absolute atomic E-state index is 7.07. The van der Waals surface area contributed by atoms with E-state index in [9.17, 15) is 0 Å². The van der Waals surface area contributed by atoms with E-state index >= 15 is 0 Å². The van der Waals surface area contributed by atoms with Gasteiger partial charge in [0.2, 0.25) is 0 Å². The largest absolute Gasteiger partial charge is 0.451 e. The first-order chi connectivity index (χ1) is 24.8. The van der Waals surface area contributed by atoms with Crippen molar-refractivity contribution in [3.8, 4) is 11.4 Å². The van der Waals surface area contributed by atoms with Gasteiger partial charge in [-0.2, -0.15) is 0 Å². The zero-order valence-corrected chi connectivity index (χ0v) is 27.9. The Labute approximate surface area is 282 Å². The number of benzene rings is 7. The number of fused-ring (bicyclic) bond motifs is 2. The van der Waals surface area contributed by atoms with Gasteiger partial charge in [-0.3, -0.25) is 0 Å². The lowest BCUT2D eigenvalue weighted by atomic mass is 10.2. The van der Waals surface area contributed by atoms with Gasteiger partial charge in [-0.25, -0.2) is 0 Å². The van der Waals surface area contributed by atoms with Crippen LogP contribution in [0.5, 0.6) is 0 Å². The second-order valence-corrected chi connectivity index (χ2v) is 17.0. The summed E-state index contributed by atoms with van der Waals surface area (Å²) in [7, 11) is -2.14. The van der Waals surface area contributed by atoms with Gasteiger partial charge in [0.25, 0.3) is 0 Å². The Bertz CT molecular complexity index is 3120. The number of nitrogens with zero attached hydrogens (tertiary/aromatic N) is 2. The predicted octanol–water partition coefficient (Wildman–Crippen LogP) is 13.7. The molecule has 13 rings (SSSR count). The highest BCUT2D eigenvalue weighted by Crippen LogP contribution is 2.62. The van der Waals surface area contributed by atoms with Crippen molar-refractivity contribution in [2.75, 3.05) is 0 Å². The average molecular weight is 681 g/mol. The van der Waals surface area contributed by atoms with E-state index in [0.717, 1.165) is 88.3 Å². The monoisotopic (exact) mass is 680 g/mol. The van der Waals surface area contributed by atoms with E-state index in [2.05, 4.69) is 143 Å². The molecule has 0 spiro atoms. The molecule has 0 N–H and O–H groups in total. The molecule has 0 saturated heterocycles. The van der Waals surface area contributed by atoms with Crippen molar-refractivity contribution in [1.29, 1.82) is 0 Å². The van der Waals surface area contributed by atoms with E-state index in [1.54, 1.807) is 0 Å². The van der Waals surface area contributed by atoms with Crippen molar-refractivity contribution >= 4 is 112 Å². The van der Waals surface area contributed by atoms with Gasteiger partial charge in [-0.1, -0.05) is 75.3 Å². The second kappa shape index (κ2) is 8.94. The normalized spacial score (nSPS) is 12.8. The van der Waals surface area contributed by atoms with Crippen molar-refractivity contribution in [2.24, 2.45) is 0 Å². The standard InChI is InChI=1S/C42H22N2O4P2/c1-3-11-23(12-4-1)43-25-15-7-19-29-37(25)49-38-26(43)16-8-20-30(38)46-34-36-42-35(33(45-29)41(34)49)47-31-21-9-17-27-39(31)50(42)40-28(18-10-22-32(40)48-36)44(27)24-13-5-2-6-14-24/h1-22H. The van der Waals surface area contributed by atoms with Crippen LogP contribution in [0.1, 0.15) is 0 Å². The molecule has 0 aliphatic carbocycles. The molecule has 0 amide bonds. The Hall–Kier alpha value is -6.06. The Balaban J connectivity index is 1.34. The summed E-state index contributed by atoms with van der Waals surface area (Å²) in [5.41, 5.74) is 13.1. The summed E-state index contributed by atoms with van der Waals surface area (Å²) in [4.78, 5) is 0. The van der Waals surface area contributed by atoms with E-state index in [1.165, 1.54) is 20.5 Å². The number of hydrogen-bond acceptors (Lipinski definition) is 4. The van der Waals surface area contributed by atoms with Crippen LogP contribution >= 0.6 is 14.7 Å². The minimum atomic E-state index is -1.07. The van der Waals surface area contributed by atoms with Gasteiger partial charge in [-0.05, 0) is 72.8 Å². The number of aromatic nitrogens is 2. The van der Waals surface area contributed by atoms with Crippen LogP contribution in [0.4, 0.5) is 0 Å². The maximum Gasteiger partial charge on any atom is 0.186 e. The van der Waals surface area contributed by atoms with E-state index in [1.807, 2.05) is 0 Å². The number of para-hydroxylation sites is 2. The highest BCUT2D eigenvalue weighted by atomic mass is 31.1. The first-order valence-electron chi connectivity index (χ1n) is 16.6. The molecule has 0 saturated carbocycles. The summed E-state index contributed by atoms with van der Waals surface area (Å²) >= 11 is 0. The zero-order chi connectivity index (χ0) is 32.2. The molecule has 0 fully saturated rings. The third-order valence-corrected chi connectivity index (χ3v) is 15.7. The van der Waals surface area contributed by atoms with Crippen molar-refractivity contribution < 1.29 is 17.7 Å². The highest BCUT2D eigenvalue weighted by molar-refractivity contribution is 7.65. The van der Waals surface area contributed by atoms with Crippen LogP contribution in [0.15, 0.2) is 151 Å². The Morgan fingerprint density at radius 2 is 0.600 bits per heavy atom. The number of rotatable bonds is 2. The lowest BCUT2D eigenvalue weighted by Crippen LogP contribution is -2.01. The molecule has 0 aliphatic rings. The van der Waals surface area contributed by atoms with Crippen molar-refractivity contribution in [2.45, 2.75) is 0 Å². The molecule has 0 bridgehead atoms. The van der Waals surface area contributed by atoms with Crippen LogP contribution in [0.3, 0.4) is 0 Å². The fourth-order valence-electron chi connectivity index (χ4n) is 8.50. The SMILES string of the molecule is c1ccc(-n2c3cccc4oc5c6oc7cccc8c7p7c6c(oc6cccc(c67)n8-c6ccccc6)c6oc7cccc2c7p(c56)c43)cc1. The van der Waals surface area contributed by atoms with Crippen molar-refractivity contribution in [3.63, 3.8) is 0 Å². The summed E-state index contributed by atoms with van der Waals surface area (Å²) in [6.07, 6.45) is 0. The molecular formula is C42H22N2O4P2. The Kier molecular flexibility index (Phi) is 4.63. The lowest BCUT2D eigenvalue weighted by Gasteiger charge is -2.24. The van der Waals surface area contributed by atoms with Crippen molar-refractivity contribution in [3.05, 3.63) is 133 Å². The van der Waals surface area contributed by atoms with Crippen molar-refractivity contribution in [1.82, 2.24) is 9.13 Å². The van der Waals surface area contributed by atoms with Crippen LogP contribution in [0.25, 0.3) is 109 Å². The third kappa shape index (κ3) is 2.97. The summed E-state index contributed by atoms with van der Waals surface area (Å²) < 4.78 is 33.0. The quantitative estimate of drug-likeness (QED) is 0.135. The summed E-state index contributed by atoms with van der Waals surface area (Å²) in [5, 5.41) is 6.81. The van der Waals surface area contributed by atoms with Crippen LogP contribution in [0.2, 0.25) is 0 Å². The minimum Gasteiger partial charge on any atom is -0.451 e. The fourth-order valence-corrected chi connectivity index (χ4v) is 14.2. The first kappa shape index (κ1) is 25.9. The van der Waals surface area contributed by atoms with Crippen LogP contribution in [0, 0.1) is 0 Å². The summed E-state index contributed by atoms with van der Waals surface area (Å²) in [6, 6.07) is 46.7. The van der Waals surface area contributed by atoms with Gasteiger partial charge < -0.3 is 26.8 Å². The molecule has 234 valence electrons. The topological polar surface area (TPSA) is 62.4 Å². The van der Waals surface area contributed by atoms with Crippen LogP contribution < -0.4 is 0 Å². The van der Waals surface area contributed by atoms with Gasteiger partial charge in [0.1, 0.15) is 22.3 Å². The third-order valence-electron chi connectivity index (χ3n) is 10.4. The first-order valence-corrected chi connectivity index (χ1v) is 19.3.